The van der Waals surface area contributed by atoms with E-state index < -0.39 is 43.4 Å². The molecule has 0 spiro atoms. The minimum atomic E-state index is -2.28. The van der Waals surface area contributed by atoms with Gasteiger partial charge in [-0.25, -0.2) is 33.3 Å². The van der Waals surface area contributed by atoms with Crippen molar-refractivity contribution >= 4 is 47.6 Å². The van der Waals surface area contributed by atoms with Crippen LogP contribution in [0.25, 0.3) is 32.9 Å². The van der Waals surface area contributed by atoms with E-state index in [9.17, 15) is 9.59 Å². The van der Waals surface area contributed by atoms with Crippen LogP contribution >= 0.6 is 0 Å². The van der Waals surface area contributed by atoms with Gasteiger partial charge in [0.2, 0.25) is 11.7 Å². The fourth-order valence-electron chi connectivity index (χ4n) is 9.32. The summed E-state index contributed by atoms with van der Waals surface area (Å²) in [6.07, 6.45) is 1.01. The second-order valence-corrected chi connectivity index (χ2v) is 22.4. The number of piperazine rings is 1. The van der Waals surface area contributed by atoms with E-state index in [0.717, 1.165) is 6.42 Å². The van der Waals surface area contributed by atoms with Crippen LogP contribution in [-0.2, 0) is 9.47 Å². The zero-order valence-electron chi connectivity index (χ0n) is 33.2. The summed E-state index contributed by atoms with van der Waals surface area (Å²) in [4.78, 5) is 44.2. The van der Waals surface area contributed by atoms with Crippen LogP contribution in [-0.4, -0.2) is 84.0 Å². The summed E-state index contributed by atoms with van der Waals surface area (Å²) < 4.78 is 50.7. The molecule has 7 rings (SSSR count). The molecule has 0 unspecified atom stereocenters. The van der Waals surface area contributed by atoms with E-state index in [2.05, 4.69) is 63.0 Å². The molecule has 2 bridgehead atoms. The lowest BCUT2D eigenvalue weighted by Crippen LogP contribution is -2.63. The van der Waals surface area contributed by atoms with Crippen LogP contribution in [0.3, 0.4) is 0 Å². The first-order valence-corrected chi connectivity index (χ1v) is 21.4. The third-order valence-corrected chi connectivity index (χ3v) is 18.0. The molecule has 2 aromatic heterocycles. The number of amides is 1. The summed E-state index contributed by atoms with van der Waals surface area (Å²) in [6.45, 7) is 19.1. The second kappa shape index (κ2) is 14.0. The SMILES string of the molecule is COC(=O)c1nc2c3c(nc(-c4cccc5ccc(F)c(C#C[Si](C(C)C)(C(C)C)C(C)C)c45)c(F)c3n1)OC[C@@H]1[C@H]3CC[C@@H](CN21)N3C(=O)OC(C)(C)C. The maximum Gasteiger partial charge on any atom is 0.410 e. The predicted molar refractivity (Wildman–Crippen MR) is 211 cm³/mol. The summed E-state index contributed by atoms with van der Waals surface area (Å²) in [5, 5.41) is 1.29. The molecule has 0 radical (unpaired) electrons. The van der Waals surface area contributed by atoms with E-state index in [1.165, 1.54) is 13.2 Å². The van der Waals surface area contributed by atoms with E-state index in [0.29, 0.717) is 45.9 Å². The number of benzene rings is 2. The molecule has 0 saturated carbocycles. The van der Waals surface area contributed by atoms with Gasteiger partial charge in [0.25, 0.3) is 0 Å². The largest absolute Gasteiger partial charge is 0.475 e. The highest BCUT2D eigenvalue weighted by molar-refractivity contribution is 6.90. The van der Waals surface area contributed by atoms with Crippen LogP contribution in [0.15, 0.2) is 30.3 Å². The zero-order chi connectivity index (χ0) is 39.7. The van der Waals surface area contributed by atoms with Crippen molar-refractivity contribution in [1.82, 2.24) is 19.9 Å². The van der Waals surface area contributed by atoms with Crippen molar-refractivity contribution in [2.45, 2.75) is 116 Å². The summed E-state index contributed by atoms with van der Waals surface area (Å²) in [5.41, 5.74) is 4.07. The molecule has 55 heavy (non-hydrogen) atoms. The number of ether oxygens (including phenoxy) is 3. The summed E-state index contributed by atoms with van der Waals surface area (Å²) in [5.74, 6) is 1.13. The van der Waals surface area contributed by atoms with Gasteiger partial charge in [-0.15, -0.1) is 5.54 Å². The monoisotopic (exact) mass is 769 g/mol. The van der Waals surface area contributed by atoms with Crippen LogP contribution in [0.4, 0.5) is 19.4 Å². The number of hydrogen-bond donors (Lipinski definition) is 0. The van der Waals surface area contributed by atoms with Gasteiger partial charge in [-0.1, -0.05) is 71.7 Å². The van der Waals surface area contributed by atoms with Gasteiger partial charge in [0, 0.05) is 17.5 Å². The Morgan fingerprint density at radius 3 is 2.31 bits per heavy atom. The number of fused-ring (bicyclic) bond motifs is 6. The fraction of sp³-hybridized carbons (Fsp3) is 0.500. The molecule has 3 atom stereocenters. The Balaban J connectivity index is 1.44. The van der Waals surface area contributed by atoms with E-state index >= 15 is 8.78 Å². The standard InChI is InChI=1S/C42H49F2N5O5Si/c1-22(2)55(23(3)4,24(5)6)19-18-27-29(43)16-14-25-12-11-13-28(32(25)27)35-34(44)36-33-38(47-37(45-36)40(50)52-10)48-20-26-15-17-30(31(48)21-53-39(33)46-35)49(26)41(51)54-42(7,8)9/h11-14,16,22-24,26,30-31H,15,17,20-21H2,1-10H3/t26-,30+,31+/m0/s1. The molecule has 10 nitrogen and oxygen atoms in total. The molecule has 2 fully saturated rings. The van der Waals surface area contributed by atoms with Crippen molar-refractivity contribution in [3.63, 3.8) is 0 Å². The first kappa shape index (κ1) is 38.4. The van der Waals surface area contributed by atoms with E-state index in [1.54, 1.807) is 23.1 Å². The number of carbonyl (C=O) groups is 2. The van der Waals surface area contributed by atoms with Crippen LogP contribution in [0, 0.1) is 23.1 Å². The number of hydrogen-bond acceptors (Lipinski definition) is 9. The Bertz CT molecular complexity index is 2260. The lowest BCUT2D eigenvalue weighted by molar-refractivity contribution is 0.00539. The van der Waals surface area contributed by atoms with Gasteiger partial charge in [0.15, 0.2) is 5.82 Å². The number of carbonyl (C=O) groups excluding carboxylic acids is 2. The Kier molecular flexibility index (Phi) is 9.81. The number of anilines is 1. The molecule has 2 aromatic carbocycles. The summed E-state index contributed by atoms with van der Waals surface area (Å²) in [6, 6.07) is 7.40. The molecule has 4 aromatic rings. The third kappa shape index (κ3) is 6.36. The Morgan fingerprint density at radius 2 is 1.65 bits per heavy atom. The van der Waals surface area contributed by atoms with E-state index in [1.807, 2.05) is 31.7 Å². The van der Waals surface area contributed by atoms with Gasteiger partial charge in [-0.3, -0.25) is 4.90 Å². The van der Waals surface area contributed by atoms with Gasteiger partial charge < -0.3 is 19.1 Å². The minimum absolute atomic E-state index is 0.0683. The van der Waals surface area contributed by atoms with Gasteiger partial charge in [0.1, 0.15) is 48.5 Å². The smallest absolute Gasteiger partial charge is 0.410 e. The van der Waals surface area contributed by atoms with Crippen molar-refractivity contribution < 1.29 is 32.6 Å². The normalized spacial score (nSPS) is 19.4. The van der Waals surface area contributed by atoms with Crippen LogP contribution < -0.4 is 9.64 Å². The molecule has 5 heterocycles. The van der Waals surface area contributed by atoms with Crippen molar-refractivity contribution in [3.8, 4) is 28.6 Å². The Morgan fingerprint density at radius 1 is 0.945 bits per heavy atom. The Labute approximate surface area is 322 Å². The average Bonchev–Trinajstić information content (AvgIpc) is 3.36. The second-order valence-electron chi connectivity index (χ2n) is 16.9. The molecule has 290 valence electrons. The number of rotatable bonds is 5. The lowest BCUT2D eigenvalue weighted by Gasteiger charge is -2.46. The fourth-order valence-corrected chi connectivity index (χ4v) is 14.5. The molecule has 2 saturated heterocycles. The quantitative estimate of drug-likeness (QED) is 0.112. The molecule has 0 N–H and O–H groups in total. The highest BCUT2D eigenvalue weighted by atomic mass is 28.3. The maximum absolute atomic E-state index is 17.4. The molecular weight excluding hydrogens is 721 g/mol. The maximum atomic E-state index is 17.4. The van der Waals surface area contributed by atoms with Crippen molar-refractivity contribution in [1.29, 1.82) is 0 Å². The number of pyridine rings is 1. The molecule has 13 heteroatoms. The minimum Gasteiger partial charge on any atom is -0.475 e. The van der Waals surface area contributed by atoms with Gasteiger partial charge in [-0.05, 0) is 61.7 Å². The topological polar surface area (TPSA) is 107 Å². The van der Waals surface area contributed by atoms with Crippen LogP contribution in [0.1, 0.15) is 91.3 Å². The van der Waals surface area contributed by atoms with Crippen molar-refractivity contribution in [2.75, 3.05) is 25.2 Å². The first-order valence-electron chi connectivity index (χ1n) is 19.1. The summed E-state index contributed by atoms with van der Waals surface area (Å²) in [7, 11) is -1.07. The number of halogens is 2. The lowest BCUT2D eigenvalue weighted by atomic mass is 9.96. The van der Waals surface area contributed by atoms with Gasteiger partial charge >= 0.3 is 12.1 Å². The molecular formula is C42H49F2N5O5Si. The molecule has 3 aliphatic heterocycles. The number of esters is 1. The number of methoxy groups -OCH3 is 1. The Hall–Kier alpha value is -4.83. The zero-order valence-corrected chi connectivity index (χ0v) is 34.2. The average molecular weight is 770 g/mol. The van der Waals surface area contributed by atoms with Gasteiger partial charge in [-0.2, -0.15) is 0 Å². The van der Waals surface area contributed by atoms with E-state index in [-0.39, 0.29) is 58.4 Å². The predicted octanol–water partition coefficient (Wildman–Crippen LogP) is 8.83. The van der Waals surface area contributed by atoms with E-state index in [4.69, 9.17) is 19.2 Å². The van der Waals surface area contributed by atoms with Crippen LogP contribution in [0.2, 0.25) is 16.6 Å². The highest BCUT2D eigenvalue weighted by Crippen LogP contribution is 2.46. The molecule has 0 aliphatic carbocycles. The van der Waals surface area contributed by atoms with Crippen LogP contribution in [0.5, 0.6) is 5.88 Å². The van der Waals surface area contributed by atoms with Crippen molar-refractivity contribution in [2.24, 2.45) is 0 Å². The number of aromatic nitrogens is 3. The summed E-state index contributed by atoms with van der Waals surface area (Å²) >= 11 is 0. The number of nitrogens with zero attached hydrogens (tertiary/aromatic N) is 5. The molecule has 3 aliphatic rings. The van der Waals surface area contributed by atoms with Crippen molar-refractivity contribution in [3.05, 3.63) is 53.4 Å². The first-order chi connectivity index (χ1) is 26.0. The molecule has 1 amide bonds. The third-order valence-electron chi connectivity index (χ3n) is 11.7. The highest BCUT2D eigenvalue weighted by Gasteiger charge is 2.52. The van der Waals surface area contributed by atoms with Gasteiger partial charge in [0.05, 0.1) is 30.8 Å².